The number of hydrogen-bond donors (Lipinski definition) is 2. The first kappa shape index (κ1) is 16.7. The second-order valence-electron chi connectivity index (χ2n) is 4.75. The van der Waals surface area contributed by atoms with Crippen molar-refractivity contribution in [3.63, 3.8) is 0 Å². The van der Waals surface area contributed by atoms with E-state index >= 15 is 0 Å². The van der Waals surface area contributed by atoms with Gasteiger partial charge in [-0.25, -0.2) is 13.2 Å². The molecule has 1 heterocycles. The highest BCUT2D eigenvalue weighted by molar-refractivity contribution is 7.90. The lowest BCUT2D eigenvalue weighted by Crippen LogP contribution is -2.50. The normalized spacial score (nSPS) is 19.6. The van der Waals surface area contributed by atoms with Gasteiger partial charge in [0.25, 0.3) is 0 Å². The summed E-state index contributed by atoms with van der Waals surface area (Å²) in [5.41, 5.74) is 0. The van der Waals surface area contributed by atoms with E-state index in [-0.39, 0.29) is 31.3 Å². The van der Waals surface area contributed by atoms with Crippen LogP contribution < -0.4 is 5.32 Å². The maximum atomic E-state index is 11.8. The summed E-state index contributed by atoms with van der Waals surface area (Å²) in [7, 11) is -3.02. The number of nitrogens with zero attached hydrogens (tertiary/aromatic N) is 1. The van der Waals surface area contributed by atoms with Crippen molar-refractivity contribution in [3.05, 3.63) is 0 Å². The molecule has 1 unspecified atom stereocenters. The van der Waals surface area contributed by atoms with E-state index in [4.69, 9.17) is 9.84 Å². The molecule has 1 saturated heterocycles. The van der Waals surface area contributed by atoms with Gasteiger partial charge in [0.1, 0.15) is 9.84 Å². The van der Waals surface area contributed by atoms with Crippen molar-refractivity contribution >= 4 is 21.8 Å². The lowest BCUT2D eigenvalue weighted by Gasteiger charge is -2.32. The third-order valence-electron chi connectivity index (χ3n) is 2.80. The maximum Gasteiger partial charge on any atom is 0.317 e. The van der Waals surface area contributed by atoms with Crippen molar-refractivity contribution in [2.24, 2.45) is 0 Å². The van der Waals surface area contributed by atoms with E-state index in [0.29, 0.717) is 19.6 Å². The number of ether oxygens (including phenoxy) is 1. The number of carbonyl (C=O) groups is 2. The van der Waals surface area contributed by atoms with Crippen LogP contribution in [0.15, 0.2) is 0 Å². The summed E-state index contributed by atoms with van der Waals surface area (Å²) < 4.78 is 27.1. The number of carboxylic acid groups (broad SMARTS) is 1. The number of urea groups is 1. The number of amides is 2. The van der Waals surface area contributed by atoms with E-state index in [0.717, 1.165) is 6.26 Å². The molecule has 1 rings (SSSR count). The van der Waals surface area contributed by atoms with Crippen LogP contribution in [0.1, 0.15) is 12.8 Å². The summed E-state index contributed by atoms with van der Waals surface area (Å²) in [6.45, 7) is 1.19. The average molecular weight is 308 g/mol. The Morgan fingerprint density at radius 2 is 2.15 bits per heavy atom. The van der Waals surface area contributed by atoms with E-state index in [1.54, 1.807) is 0 Å². The van der Waals surface area contributed by atoms with Crippen LogP contribution in [0.2, 0.25) is 0 Å². The zero-order chi connectivity index (χ0) is 15.2. The van der Waals surface area contributed by atoms with Gasteiger partial charge in [-0.2, -0.15) is 0 Å². The molecule has 0 saturated carbocycles. The number of sulfone groups is 1. The summed E-state index contributed by atoms with van der Waals surface area (Å²) >= 11 is 0. The Labute approximate surface area is 118 Å². The molecular formula is C11H20N2O6S. The Bertz CT molecular complexity index is 450. The van der Waals surface area contributed by atoms with Gasteiger partial charge in [-0.1, -0.05) is 0 Å². The summed E-state index contributed by atoms with van der Waals surface area (Å²) in [6.07, 6.45) is 0.863. The lowest BCUT2D eigenvalue weighted by molar-refractivity contribution is -0.141. The highest BCUT2D eigenvalue weighted by atomic mass is 32.2. The van der Waals surface area contributed by atoms with Gasteiger partial charge in [0.2, 0.25) is 0 Å². The topological polar surface area (TPSA) is 113 Å². The van der Waals surface area contributed by atoms with Crippen LogP contribution in [0.3, 0.4) is 0 Å². The van der Waals surface area contributed by atoms with Crippen molar-refractivity contribution in [2.45, 2.75) is 18.9 Å². The smallest absolute Gasteiger partial charge is 0.317 e. The molecule has 0 aromatic rings. The highest BCUT2D eigenvalue weighted by Crippen LogP contribution is 2.08. The molecule has 0 bridgehead atoms. The summed E-state index contributed by atoms with van der Waals surface area (Å²) in [5.74, 6) is -0.941. The van der Waals surface area contributed by atoms with E-state index in [9.17, 15) is 18.0 Å². The fraction of sp³-hybridized carbons (Fsp3) is 0.818. The van der Waals surface area contributed by atoms with Gasteiger partial charge in [0.15, 0.2) is 0 Å². The minimum atomic E-state index is -3.02. The van der Waals surface area contributed by atoms with E-state index in [2.05, 4.69) is 5.32 Å². The van der Waals surface area contributed by atoms with Crippen molar-refractivity contribution in [2.75, 3.05) is 38.2 Å². The monoisotopic (exact) mass is 308 g/mol. The van der Waals surface area contributed by atoms with Gasteiger partial charge in [-0.15, -0.1) is 0 Å². The van der Waals surface area contributed by atoms with Gasteiger partial charge in [-0.05, 0) is 6.42 Å². The molecule has 8 nitrogen and oxygen atoms in total. The molecule has 1 fully saturated rings. The van der Waals surface area contributed by atoms with Crippen LogP contribution >= 0.6 is 0 Å². The first-order valence-corrected chi connectivity index (χ1v) is 8.38. The number of aliphatic carboxylic acids is 1. The fourth-order valence-electron chi connectivity index (χ4n) is 1.86. The molecule has 1 aliphatic rings. The molecule has 0 aromatic carbocycles. The Morgan fingerprint density at radius 3 is 2.75 bits per heavy atom. The quantitative estimate of drug-likeness (QED) is 0.628. The number of morpholine rings is 1. The standard InChI is InChI=1S/C11H20N2O6S/c1-20(17,18)6-2-3-12-11(16)13-4-5-19-9(8-13)7-10(14)15/h9H,2-8H2,1H3,(H,12,16)(H,14,15). The number of carboxylic acids is 1. The van der Waals surface area contributed by atoms with E-state index in [1.165, 1.54) is 4.90 Å². The molecule has 20 heavy (non-hydrogen) atoms. The molecule has 1 atom stereocenters. The predicted octanol–water partition coefficient (Wildman–Crippen LogP) is -0.694. The van der Waals surface area contributed by atoms with Gasteiger partial charge in [0, 0.05) is 25.9 Å². The average Bonchev–Trinajstić information content (AvgIpc) is 2.32. The van der Waals surface area contributed by atoms with Crippen molar-refractivity contribution < 1.29 is 27.9 Å². The molecule has 0 aromatic heterocycles. The minimum absolute atomic E-state index is 0.0258. The predicted molar refractivity (Wildman–Crippen MR) is 71.3 cm³/mol. The number of nitrogens with one attached hydrogen (secondary N) is 1. The minimum Gasteiger partial charge on any atom is -0.481 e. The molecule has 1 aliphatic heterocycles. The maximum absolute atomic E-state index is 11.8. The molecular weight excluding hydrogens is 288 g/mol. The number of rotatable bonds is 6. The van der Waals surface area contributed by atoms with Crippen molar-refractivity contribution in [3.8, 4) is 0 Å². The molecule has 9 heteroatoms. The Morgan fingerprint density at radius 1 is 1.45 bits per heavy atom. The lowest BCUT2D eigenvalue weighted by atomic mass is 10.2. The first-order valence-electron chi connectivity index (χ1n) is 6.32. The zero-order valence-corrected chi connectivity index (χ0v) is 12.2. The first-order chi connectivity index (χ1) is 9.28. The third kappa shape index (κ3) is 6.71. The second-order valence-corrected chi connectivity index (χ2v) is 7.01. The molecule has 0 radical (unpaired) electrons. The molecule has 2 amide bonds. The van der Waals surface area contributed by atoms with Crippen LogP contribution in [0.25, 0.3) is 0 Å². The van der Waals surface area contributed by atoms with Gasteiger partial charge in [-0.3, -0.25) is 4.79 Å². The summed E-state index contributed by atoms with van der Waals surface area (Å²) in [4.78, 5) is 23.9. The molecule has 0 spiro atoms. The van der Waals surface area contributed by atoms with Crippen LogP contribution in [0.4, 0.5) is 4.79 Å². The number of carbonyl (C=O) groups excluding carboxylic acids is 1. The van der Waals surface area contributed by atoms with Crippen molar-refractivity contribution in [1.82, 2.24) is 10.2 Å². The van der Waals surface area contributed by atoms with Gasteiger partial charge in [0.05, 0.1) is 24.9 Å². The summed E-state index contributed by atoms with van der Waals surface area (Å²) in [5, 5.41) is 11.3. The van der Waals surface area contributed by atoms with Crippen LogP contribution in [0.5, 0.6) is 0 Å². The van der Waals surface area contributed by atoms with Gasteiger partial charge < -0.3 is 20.1 Å². The van der Waals surface area contributed by atoms with Crippen molar-refractivity contribution in [1.29, 1.82) is 0 Å². The van der Waals surface area contributed by atoms with Crippen LogP contribution in [-0.2, 0) is 19.4 Å². The van der Waals surface area contributed by atoms with Crippen LogP contribution in [-0.4, -0.2) is 74.8 Å². The van der Waals surface area contributed by atoms with Gasteiger partial charge >= 0.3 is 12.0 Å². The fourth-order valence-corrected chi connectivity index (χ4v) is 2.53. The Balaban J connectivity index is 2.30. The number of hydrogen-bond acceptors (Lipinski definition) is 5. The largest absolute Gasteiger partial charge is 0.481 e. The Kier molecular flexibility index (Phi) is 6.21. The van der Waals surface area contributed by atoms with Crippen LogP contribution in [0, 0.1) is 0 Å². The third-order valence-corrected chi connectivity index (χ3v) is 3.83. The summed E-state index contributed by atoms with van der Waals surface area (Å²) in [6, 6.07) is -0.322. The zero-order valence-electron chi connectivity index (χ0n) is 11.4. The molecule has 116 valence electrons. The molecule has 0 aliphatic carbocycles. The SMILES string of the molecule is CS(=O)(=O)CCCNC(=O)N1CCOC(CC(=O)O)C1. The van der Waals surface area contributed by atoms with E-state index in [1.807, 2.05) is 0 Å². The molecule has 2 N–H and O–H groups in total. The Hall–Kier alpha value is -1.35. The highest BCUT2D eigenvalue weighted by Gasteiger charge is 2.25. The van der Waals surface area contributed by atoms with E-state index < -0.39 is 21.9 Å². The second kappa shape index (κ2) is 7.44.